The molecule has 1 heteroatoms. The fraction of sp³-hybridized carbons (Fsp3) is 1.00. The SMILES string of the molecule is CCCC1([C@@H](C)N)CC1. The largest absolute Gasteiger partial charge is 0.327 e. The first kappa shape index (κ1) is 7.07. The normalized spacial score (nSPS) is 25.7. The maximum atomic E-state index is 5.82. The predicted octanol–water partition coefficient (Wildman–Crippen LogP) is 1.91. The van der Waals surface area contributed by atoms with Gasteiger partial charge in [0.1, 0.15) is 0 Å². The molecule has 0 spiro atoms. The van der Waals surface area contributed by atoms with Crippen molar-refractivity contribution in [1.82, 2.24) is 0 Å². The average molecular weight is 127 g/mol. The number of rotatable bonds is 3. The second-order valence-electron chi connectivity index (χ2n) is 3.40. The highest BCUT2D eigenvalue weighted by atomic mass is 14.7. The molecule has 0 aromatic rings. The molecule has 0 aromatic carbocycles. The molecule has 9 heavy (non-hydrogen) atoms. The smallest absolute Gasteiger partial charge is 0.00670 e. The van der Waals surface area contributed by atoms with Crippen LogP contribution in [-0.2, 0) is 0 Å². The third-order valence-electron chi connectivity index (χ3n) is 2.61. The summed E-state index contributed by atoms with van der Waals surface area (Å²) < 4.78 is 0. The van der Waals surface area contributed by atoms with Gasteiger partial charge in [-0.3, -0.25) is 0 Å². The Labute approximate surface area is 57.6 Å². The van der Waals surface area contributed by atoms with Crippen molar-refractivity contribution in [2.75, 3.05) is 0 Å². The molecule has 0 heterocycles. The second-order valence-corrected chi connectivity index (χ2v) is 3.40. The second kappa shape index (κ2) is 2.30. The summed E-state index contributed by atoms with van der Waals surface area (Å²) in [5, 5.41) is 0. The van der Waals surface area contributed by atoms with E-state index in [1.807, 2.05) is 0 Å². The van der Waals surface area contributed by atoms with Crippen LogP contribution >= 0.6 is 0 Å². The molecule has 1 nitrogen and oxygen atoms in total. The zero-order chi connectivity index (χ0) is 6.91. The molecular formula is C8H17N. The Morgan fingerprint density at radius 3 is 2.22 bits per heavy atom. The molecule has 0 aliphatic heterocycles. The number of hydrogen-bond donors (Lipinski definition) is 1. The van der Waals surface area contributed by atoms with Gasteiger partial charge in [0.25, 0.3) is 0 Å². The van der Waals surface area contributed by atoms with Crippen LogP contribution in [0.2, 0.25) is 0 Å². The van der Waals surface area contributed by atoms with Gasteiger partial charge in [-0.1, -0.05) is 13.3 Å². The lowest BCUT2D eigenvalue weighted by Gasteiger charge is -2.17. The Morgan fingerprint density at radius 1 is 1.56 bits per heavy atom. The van der Waals surface area contributed by atoms with Crippen molar-refractivity contribution in [3.63, 3.8) is 0 Å². The highest BCUT2D eigenvalue weighted by Crippen LogP contribution is 2.51. The Hall–Kier alpha value is -0.0400. The molecule has 0 unspecified atom stereocenters. The third-order valence-corrected chi connectivity index (χ3v) is 2.61. The van der Waals surface area contributed by atoms with E-state index in [0.717, 1.165) is 0 Å². The van der Waals surface area contributed by atoms with Gasteiger partial charge in [-0.2, -0.15) is 0 Å². The molecule has 2 N–H and O–H groups in total. The molecule has 0 aromatic heterocycles. The van der Waals surface area contributed by atoms with Crippen molar-refractivity contribution in [1.29, 1.82) is 0 Å². The van der Waals surface area contributed by atoms with Gasteiger partial charge in [0, 0.05) is 6.04 Å². The van der Waals surface area contributed by atoms with Crippen molar-refractivity contribution in [2.45, 2.75) is 45.6 Å². The van der Waals surface area contributed by atoms with E-state index in [2.05, 4.69) is 13.8 Å². The lowest BCUT2D eigenvalue weighted by Crippen LogP contribution is -2.27. The first-order valence-corrected chi connectivity index (χ1v) is 3.97. The van der Waals surface area contributed by atoms with Crippen molar-refractivity contribution < 1.29 is 0 Å². The minimum Gasteiger partial charge on any atom is -0.327 e. The van der Waals surface area contributed by atoms with Crippen LogP contribution in [-0.4, -0.2) is 6.04 Å². The molecule has 54 valence electrons. The molecule has 1 fully saturated rings. The van der Waals surface area contributed by atoms with E-state index in [1.54, 1.807) is 0 Å². The van der Waals surface area contributed by atoms with Gasteiger partial charge >= 0.3 is 0 Å². The Bertz CT molecular complexity index is 92.7. The Kier molecular flexibility index (Phi) is 1.80. The quantitative estimate of drug-likeness (QED) is 0.615. The molecule has 1 aliphatic rings. The monoisotopic (exact) mass is 127 g/mol. The van der Waals surface area contributed by atoms with Crippen LogP contribution in [0.25, 0.3) is 0 Å². The van der Waals surface area contributed by atoms with E-state index in [-0.39, 0.29) is 0 Å². The molecule has 0 radical (unpaired) electrons. The topological polar surface area (TPSA) is 26.0 Å². The van der Waals surface area contributed by atoms with Gasteiger partial charge in [0.15, 0.2) is 0 Å². The van der Waals surface area contributed by atoms with Crippen molar-refractivity contribution in [3.05, 3.63) is 0 Å². The van der Waals surface area contributed by atoms with E-state index < -0.39 is 0 Å². The van der Waals surface area contributed by atoms with Crippen LogP contribution < -0.4 is 5.73 Å². The lowest BCUT2D eigenvalue weighted by atomic mass is 9.93. The first-order chi connectivity index (χ1) is 4.21. The lowest BCUT2D eigenvalue weighted by molar-refractivity contribution is 0.386. The number of nitrogens with two attached hydrogens (primary N) is 1. The van der Waals surface area contributed by atoms with Crippen molar-refractivity contribution in [3.8, 4) is 0 Å². The molecule has 1 saturated carbocycles. The molecule has 1 rings (SSSR count). The van der Waals surface area contributed by atoms with Crippen molar-refractivity contribution in [2.24, 2.45) is 11.1 Å². The van der Waals surface area contributed by atoms with Gasteiger partial charge in [0.05, 0.1) is 0 Å². The van der Waals surface area contributed by atoms with Gasteiger partial charge < -0.3 is 5.73 Å². The zero-order valence-corrected chi connectivity index (χ0v) is 6.48. The van der Waals surface area contributed by atoms with E-state index in [1.165, 1.54) is 25.7 Å². The molecule has 1 atom stereocenters. The minimum atomic E-state index is 0.428. The summed E-state index contributed by atoms with van der Waals surface area (Å²) in [7, 11) is 0. The van der Waals surface area contributed by atoms with Crippen LogP contribution in [0.3, 0.4) is 0 Å². The summed E-state index contributed by atoms with van der Waals surface area (Å²) in [5.41, 5.74) is 6.40. The Balaban J connectivity index is 2.33. The third kappa shape index (κ3) is 1.26. The maximum Gasteiger partial charge on any atom is 0.00670 e. The van der Waals surface area contributed by atoms with Gasteiger partial charge in [0.2, 0.25) is 0 Å². The predicted molar refractivity (Wildman–Crippen MR) is 40.2 cm³/mol. The van der Waals surface area contributed by atoms with Crippen LogP contribution in [0.4, 0.5) is 0 Å². The van der Waals surface area contributed by atoms with E-state index in [4.69, 9.17) is 5.73 Å². The van der Waals surface area contributed by atoms with Gasteiger partial charge in [-0.15, -0.1) is 0 Å². The number of hydrogen-bond acceptors (Lipinski definition) is 1. The van der Waals surface area contributed by atoms with Gasteiger partial charge in [-0.25, -0.2) is 0 Å². The summed E-state index contributed by atoms with van der Waals surface area (Å²) in [6.07, 6.45) is 5.38. The minimum absolute atomic E-state index is 0.428. The molecule has 0 amide bonds. The highest BCUT2D eigenvalue weighted by molar-refractivity contribution is 4.98. The summed E-state index contributed by atoms with van der Waals surface area (Å²) in [6, 6.07) is 0.428. The maximum absolute atomic E-state index is 5.82. The van der Waals surface area contributed by atoms with E-state index in [9.17, 15) is 0 Å². The zero-order valence-electron chi connectivity index (χ0n) is 6.48. The van der Waals surface area contributed by atoms with Crippen LogP contribution in [0.15, 0.2) is 0 Å². The fourth-order valence-corrected chi connectivity index (χ4v) is 1.59. The molecule has 0 saturated heterocycles. The summed E-state index contributed by atoms with van der Waals surface area (Å²) >= 11 is 0. The highest BCUT2D eigenvalue weighted by Gasteiger charge is 2.44. The summed E-state index contributed by atoms with van der Waals surface area (Å²) in [4.78, 5) is 0. The first-order valence-electron chi connectivity index (χ1n) is 3.97. The van der Waals surface area contributed by atoms with Crippen LogP contribution in [0.1, 0.15) is 39.5 Å². The van der Waals surface area contributed by atoms with E-state index >= 15 is 0 Å². The Morgan fingerprint density at radius 2 is 2.11 bits per heavy atom. The van der Waals surface area contributed by atoms with Crippen molar-refractivity contribution >= 4 is 0 Å². The van der Waals surface area contributed by atoms with Crippen LogP contribution in [0, 0.1) is 5.41 Å². The average Bonchev–Trinajstić information content (AvgIpc) is 2.49. The molecule has 1 aliphatic carbocycles. The van der Waals surface area contributed by atoms with Crippen LogP contribution in [0.5, 0.6) is 0 Å². The summed E-state index contributed by atoms with van der Waals surface area (Å²) in [5.74, 6) is 0. The summed E-state index contributed by atoms with van der Waals surface area (Å²) in [6.45, 7) is 4.38. The van der Waals surface area contributed by atoms with E-state index in [0.29, 0.717) is 11.5 Å². The standard InChI is InChI=1S/C8H17N/c1-3-4-8(5-6-8)7(2)9/h7H,3-6,9H2,1-2H3/t7-/m1/s1. The molecule has 0 bridgehead atoms. The molecular weight excluding hydrogens is 110 g/mol. The van der Waals surface area contributed by atoms with Gasteiger partial charge in [-0.05, 0) is 31.6 Å². The fourth-order valence-electron chi connectivity index (χ4n) is 1.59.